The van der Waals surface area contributed by atoms with E-state index in [1.54, 1.807) is 12.1 Å². The molecular weight excluding hydrogens is 332 g/mol. The van der Waals surface area contributed by atoms with Crippen LogP contribution in [0.4, 0.5) is 0 Å². The number of benzene rings is 1. The third kappa shape index (κ3) is 6.50. The number of esters is 1. The SMILES string of the molecule is Cc1ccc(C(=O)NCC(=O)OCC(=O)NC2CCCCCC2)cc1C. The lowest BCUT2D eigenvalue weighted by Crippen LogP contribution is -2.38. The highest BCUT2D eigenvalue weighted by atomic mass is 16.5. The number of hydrogen-bond acceptors (Lipinski definition) is 4. The third-order valence-corrected chi connectivity index (χ3v) is 4.75. The molecule has 6 nitrogen and oxygen atoms in total. The van der Waals surface area contributed by atoms with Gasteiger partial charge in [-0.15, -0.1) is 0 Å². The maximum absolute atomic E-state index is 12.0. The molecule has 2 amide bonds. The van der Waals surface area contributed by atoms with Gasteiger partial charge in [-0.1, -0.05) is 31.7 Å². The standard InChI is InChI=1S/C20H28N2O4/c1-14-9-10-16(11-15(14)2)20(25)21-12-19(24)26-13-18(23)22-17-7-5-3-4-6-8-17/h9-11,17H,3-8,12-13H2,1-2H3,(H,21,25)(H,22,23). The van der Waals surface area contributed by atoms with Crippen molar-refractivity contribution in [2.75, 3.05) is 13.2 Å². The molecule has 0 bridgehead atoms. The fourth-order valence-corrected chi connectivity index (χ4v) is 3.03. The van der Waals surface area contributed by atoms with Crippen LogP contribution < -0.4 is 10.6 Å². The summed E-state index contributed by atoms with van der Waals surface area (Å²) in [5, 5.41) is 5.43. The first-order valence-corrected chi connectivity index (χ1v) is 9.26. The highest BCUT2D eigenvalue weighted by Gasteiger charge is 2.16. The van der Waals surface area contributed by atoms with E-state index in [2.05, 4.69) is 10.6 Å². The van der Waals surface area contributed by atoms with E-state index in [1.165, 1.54) is 12.8 Å². The van der Waals surface area contributed by atoms with Crippen LogP contribution in [0.3, 0.4) is 0 Å². The predicted octanol–water partition coefficient (Wildman–Crippen LogP) is 2.42. The van der Waals surface area contributed by atoms with Crippen molar-refractivity contribution in [3.05, 3.63) is 34.9 Å². The highest BCUT2D eigenvalue weighted by molar-refractivity contribution is 5.96. The van der Waals surface area contributed by atoms with Crippen molar-refractivity contribution in [2.24, 2.45) is 0 Å². The topological polar surface area (TPSA) is 84.5 Å². The first-order valence-electron chi connectivity index (χ1n) is 9.26. The summed E-state index contributed by atoms with van der Waals surface area (Å²) in [7, 11) is 0. The number of nitrogens with one attached hydrogen (secondary N) is 2. The van der Waals surface area contributed by atoms with Crippen molar-refractivity contribution in [3.63, 3.8) is 0 Å². The van der Waals surface area contributed by atoms with Gasteiger partial charge in [0.1, 0.15) is 6.54 Å². The van der Waals surface area contributed by atoms with Gasteiger partial charge in [0.25, 0.3) is 11.8 Å². The van der Waals surface area contributed by atoms with Crippen molar-refractivity contribution < 1.29 is 19.1 Å². The zero-order valence-electron chi connectivity index (χ0n) is 15.6. The van der Waals surface area contributed by atoms with Gasteiger partial charge >= 0.3 is 5.97 Å². The van der Waals surface area contributed by atoms with E-state index >= 15 is 0 Å². The van der Waals surface area contributed by atoms with Crippen molar-refractivity contribution in [3.8, 4) is 0 Å². The molecule has 1 aromatic carbocycles. The van der Waals surface area contributed by atoms with Crippen LogP contribution in [0.2, 0.25) is 0 Å². The van der Waals surface area contributed by atoms with Gasteiger partial charge in [-0.3, -0.25) is 14.4 Å². The van der Waals surface area contributed by atoms with Crippen molar-refractivity contribution in [2.45, 2.75) is 58.4 Å². The number of hydrogen-bond donors (Lipinski definition) is 2. The molecule has 1 aliphatic rings. The molecule has 0 radical (unpaired) electrons. The molecule has 0 aromatic heterocycles. The molecule has 0 heterocycles. The number of rotatable bonds is 6. The molecule has 0 saturated heterocycles. The zero-order valence-corrected chi connectivity index (χ0v) is 15.6. The number of carbonyl (C=O) groups is 3. The highest BCUT2D eigenvalue weighted by Crippen LogP contribution is 2.17. The van der Waals surface area contributed by atoms with Gasteiger partial charge in [0.15, 0.2) is 6.61 Å². The van der Waals surface area contributed by atoms with Gasteiger partial charge in [0, 0.05) is 11.6 Å². The van der Waals surface area contributed by atoms with E-state index in [4.69, 9.17) is 4.74 Å². The number of ether oxygens (including phenoxy) is 1. The Bertz CT molecular complexity index is 649. The maximum Gasteiger partial charge on any atom is 0.325 e. The van der Waals surface area contributed by atoms with Gasteiger partial charge in [0.05, 0.1) is 0 Å². The molecule has 1 aromatic rings. The van der Waals surface area contributed by atoms with Crippen LogP contribution in [0.5, 0.6) is 0 Å². The molecule has 0 aliphatic heterocycles. The maximum atomic E-state index is 12.0. The lowest BCUT2D eigenvalue weighted by atomic mass is 10.1. The quantitative estimate of drug-likeness (QED) is 0.603. The Balaban J connectivity index is 1.68. The lowest BCUT2D eigenvalue weighted by molar-refractivity contribution is -0.147. The van der Waals surface area contributed by atoms with E-state index < -0.39 is 5.97 Å². The van der Waals surface area contributed by atoms with Crippen molar-refractivity contribution in [1.82, 2.24) is 10.6 Å². The number of carbonyl (C=O) groups excluding carboxylic acids is 3. The van der Waals surface area contributed by atoms with Gasteiger partial charge in [-0.25, -0.2) is 0 Å². The summed E-state index contributed by atoms with van der Waals surface area (Å²) >= 11 is 0. The van der Waals surface area contributed by atoms with Crippen LogP contribution in [0, 0.1) is 13.8 Å². The fraction of sp³-hybridized carbons (Fsp3) is 0.550. The zero-order chi connectivity index (χ0) is 18.9. The minimum absolute atomic E-state index is 0.174. The summed E-state index contributed by atoms with van der Waals surface area (Å²) in [5.41, 5.74) is 2.60. The average Bonchev–Trinajstić information content (AvgIpc) is 2.88. The fourth-order valence-electron chi connectivity index (χ4n) is 3.03. The summed E-state index contributed by atoms with van der Waals surface area (Å²) in [5.74, 6) is -1.25. The van der Waals surface area contributed by atoms with Crippen LogP contribution in [0.1, 0.15) is 60.0 Å². The van der Waals surface area contributed by atoms with Crippen LogP contribution in [0.15, 0.2) is 18.2 Å². The molecule has 6 heteroatoms. The van der Waals surface area contributed by atoms with E-state index in [9.17, 15) is 14.4 Å². The molecular formula is C20H28N2O4. The summed E-state index contributed by atoms with van der Waals surface area (Å²) in [6, 6.07) is 5.52. The largest absolute Gasteiger partial charge is 0.454 e. The van der Waals surface area contributed by atoms with E-state index in [1.807, 2.05) is 19.9 Å². The van der Waals surface area contributed by atoms with Crippen LogP contribution in [-0.2, 0) is 14.3 Å². The molecule has 0 atom stereocenters. The van der Waals surface area contributed by atoms with Crippen molar-refractivity contribution >= 4 is 17.8 Å². The molecule has 2 N–H and O–H groups in total. The first kappa shape index (κ1) is 19.9. The summed E-state index contributed by atoms with van der Waals surface area (Å²) in [6.45, 7) is 3.32. The normalized spacial score (nSPS) is 15.0. The van der Waals surface area contributed by atoms with E-state index in [0.29, 0.717) is 5.56 Å². The van der Waals surface area contributed by atoms with Gasteiger partial charge in [-0.05, 0) is 49.9 Å². The summed E-state index contributed by atoms with van der Waals surface area (Å²) in [6.07, 6.45) is 6.62. The van der Waals surface area contributed by atoms with E-state index in [-0.39, 0.29) is 31.0 Å². The average molecular weight is 360 g/mol. The minimum atomic E-state index is -0.627. The molecule has 1 fully saturated rings. The Hall–Kier alpha value is -2.37. The number of aryl methyl sites for hydroxylation is 2. The molecule has 1 aliphatic carbocycles. The number of amides is 2. The Morgan fingerprint density at radius 2 is 1.73 bits per heavy atom. The summed E-state index contributed by atoms with van der Waals surface area (Å²) in [4.78, 5) is 35.7. The van der Waals surface area contributed by atoms with Crippen molar-refractivity contribution in [1.29, 1.82) is 0 Å². The van der Waals surface area contributed by atoms with Gasteiger partial charge in [0.2, 0.25) is 0 Å². The van der Waals surface area contributed by atoms with Gasteiger partial charge in [-0.2, -0.15) is 0 Å². The summed E-state index contributed by atoms with van der Waals surface area (Å²) < 4.78 is 4.94. The molecule has 2 rings (SSSR count). The van der Waals surface area contributed by atoms with E-state index in [0.717, 1.165) is 36.8 Å². The Morgan fingerprint density at radius 3 is 2.38 bits per heavy atom. The molecule has 26 heavy (non-hydrogen) atoms. The molecule has 1 saturated carbocycles. The Morgan fingerprint density at radius 1 is 1.04 bits per heavy atom. The second-order valence-electron chi connectivity index (χ2n) is 6.90. The monoisotopic (exact) mass is 360 g/mol. The molecule has 0 spiro atoms. The van der Waals surface area contributed by atoms with Crippen LogP contribution in [-0.4, -0.2) is 37.0 Å². The van der Waals surface area contributed by atoms with Crippen LogP contribution in [0.25, 0.3) is 0 Å². The van der Waals surface area contributed by atoms with Gasteiger partial charge < -0.3 is 15.4 Å². The second-order valence-corrected chi connectivity index (χ2v) is 6.90. The lowest BCUT2D eigenvalue weighted by Gasteiger charge is -2.16. The first-order chi connectivity index (χ1) is 12.5. The minimum Gasteiger partial charge on any atom is -0.454 e. The second kappa shape index (κ2) is 9.94. The molecule has 0 unspecified atom stereocenters. The predicted molar refractivity (Wildman–Crippen MR) is 98.8 cm³/mol. The van der Waals surface area contributed by atoms with Crippen LogP contribution >= 0.6 is 0 Å². The molecule has 142 valence electrons. The Labute approximate surface area is 154 Å². The third-order valence-electron chi connectivity index (χ3n) is 4.75. The Kier molecular flexibility index (Phi) is 7.63. The smallest absolute Gasteiger partial charge is 0.325 e.